The number of amides is 1. The van der Waals surface area contributed by atoms with Gasteiger partial charge in [-0.15, -0.1) is 0 Å². The summed E-state index contributed by atoms with van der Waals surface area (Å²) in [5, 5.41) is 1.06. The van der Waals surface area contributed by atoms with Gasteiger partial charge in [0.1, 0.15) is 0 Å². The Kier molecular flexibility index (Phi) is 3.99. The molecule has 1 aliphatic rings. The topological polar surface area (TPSA) is 62.4 Å². The number of methoxy groups -OCH3 is 1. The number of hydrogen-bond donors (Lipinski definition) is 1. The van der Waals surface area contributed by atoms with Crippen molar-refractivity contribution in [2.45, 2.75) is 24.9 Å². The molecule has 26 heavy (non-hydrogen) atoms. The Labute approximate surface area is 151 Å². The molecule has 0 bridgehead atoms. The largest absolute Gasteiger partial charge is 0.467 e. The van der Waals surface area contributed by atoms with Crippen molar-refractivity contribution in [3.05, 3.63) is 71.9 Å². The van der Waals surface area contributed by atoms with Crippen molar-refractivity contribution in [2.24, 2.45) is 0 Å². The lowest BCUT2D eigenvalue weighted by molar-refractivity contribution is -0.179. The highest BCUT2D eigenvalue weighted by Crippen LogP contribution is 2.39. The van der Waals surface area contributed by atoms with Gasteiger partial charge in [-0.05, 0) is 17.2 Å². The Balaban J connectivity index is 1.69. The molecule has 1 aromatic heterocycles. The van der Waals surface area contributed by atoms with Crippen molar-refractivity contribution in [3.63, 3.8) is 0 Å². The molecule has 3 aromatic rings. The van der Waals surface area contributed by atoms with Crippen LogP contribution in [0.25, 0.3) is 10.9 Å². The normalized spacial score (nSPS) is 19.4. The van der Waals surface area contributed by atoms with E-state index >= 15 is 0 Å². The highest BCUT2D eigenvalue weighted by atomic mass is 16.5. The average Bonchev–Trinajstić information content (AvgIpc) is 3.08. The van der Waals surface area contributed by atoms with E-state index in [4.69, 9.17) is 4.74 Å². The fraction of sp³-hybridized carbons (Fsp3) is 0.238. The number of likely N-dealkylation sites (tertiary alicyclic amines) is 1. The molecule has 5 nitrogen and oxygen atoms in total. The Morgan fingerprint density at radius 1 is 1.15 bits per heavy atom. The molecule has 5 heteroatoms. The minimum absolute atomic E-state index is 0.0286. The fourth-order valence-corrected chi connectivity index (χ4v) is 3.79. The molecule has 0 radical (unpaired) electrons. The van der Waals surface area contributed by atoms with Gasteiger partial charge in [0.05, 0.1) is 13.5 Å². The van der Waals surface area contributed by atoms with Crippen LogP contribution in [0.1, 0.15) is 17.5 Å². The first kappa shape index (κ1) is 16.4. The van der Waals surface area contributed by atoms with Gasteiger partial charge in [-0.3, -0.25) is 4.79 Å². The number of fused-ring (bicyclic) bond motifs is 1. The molecule has 1 fully saturated rings. The van der Waals surface area contributed by atoms with Crippen LogP contribution in [0.5, 0.6) is 0 Å². The van der Waals surface area contributed by atoms with Crippen LogP contribution in [-0.4, -0.2) is 34.4 Å². The van der Waals surface area contributed by atoms with Crippen LogP contribution in [0.2, 0.25) is 0 Å². The SMILES string of the molecule is COC(=O)C1(Cc2c[nH]c3ccccc23)CC(=O)N1Cc1ccccc1. The molecule has 1 N–H and O–H groups in total. The van der Waals surface area contributed by atoms with E-state index in [9.17, 15) is 9.59 Å². The minimum Gasteiger partial charge on any atom is -0.467 e. The van der Waals surface area contributed by atoms with Crippen molar-refractivity contribution in [2.75, 3.05) is 7.11 Å². The van der Waals surface area contributed by atoms with E-state index in [1.54, 1.807) is 4.90 Å². The molecule has 0 aliphatic carbocycles. The van der Waals surface area contributed by atoms with Gasteiger partial charge in [0, 0.05) is 30.1 Å². The van der Waals surface area contributed by atoms with Crippen LogP contribution >= 0.6 is 0 Å². The van der Waals surface area contributed by atoms with E-state index in [1.807, 2.05) is 60.8 Å². The Hall–Kier alpha value is -3.08. The number of hydrogen-bond acceptors (Lipinski definition) is 3. The third-order valence-corrected chi connectivity index (χ3v) is 5.17. The van der Waals surface area contributed by atoms with Gasteiger partial charge < -0.3 is 14.6 Å². The van der Waals surface area contributed by atoms with Crippen molar-refractivity contribution in [1.29, 1.82) is 0 Å². The molecular weight excluding hydrogens is 328 g/mol. The third-order valence-electron chi connectivity index (χ3n) is 5.17. The molecule has 1 amide bonds. The number of carbonyl (C=O) groups is 2. The molecular formula is C21H20N2O3. The second kappa shape index (κ2) is 6.33. The molecule has 132 valence electrons. The fourth-order valence-electron chi connectivity index (χ4n) is 3.79. The third kappa shape index (κ3) is 2.56. The molecule has 2 heterocycles. The zero-order valence-electron chi connectivity index (χ0n) is 14.6. The van der Waals surface area contributed by atoms with Crippen molar-refractivity contribution in [1.82, 2.24) is 9.88 Å². The summed E-state index contributed by atoms with van der Waals surface area (Å²) in [7, 11) is 1.38. The van der Waals surface area contributed by atoms with Gasteiger partial charge >= 0.3 is 5.97 Å². The quantitative estimate of drug-likeness (QED) is 0.569. The van der Waals surface area contributed by atoms with E-state index in [0.29, 0.717) is 13.0 Å². The summed E-state index contributed by atoms with van der Waals surface area (Å²) in [6.45, 7) is 0.400. The van der Waals surface area contributed by atoms with Crippen LogP contribution < -0.4 is 0 Å². The summed E-state index contributed by atoms with van der Waals surface area (Å²) in [6.07, 6.45) is 2.52. The maximum atomic E-state index is 12.7. The number of H-pyrrole nitrogens is 1. The zero-order chi connectivity index (χ0) is 18.1. The van der Waals surface area contributed by atoms with Gasteiger partial charge in [0.2, 0.25) is 5.91 Å². The van der Waals surface area contributed by atoms with Crippen LogP contribution in [0.4, 0.5) is 0 Å². The first-order valence-electron chi connectivity index (χ1n) is 8.62. The summed E-state index contributed by atoms with van der Waals surface area (Å²) < 4.78 is 5.09. The Bertz CT molecular complexity index is 964. The second-order valence-electron chi connectivity index (χ2n) is 6.70. The Morgan fingerprint density at radius 3 is 2.62 bits per heavy atom. The van der Waals surface area contributed by atoms with Crippen molar-refractivity contribution >= 4 is 22.8 Å². The van der Waals surface area contributed by atoms with E-state index in [1.165, 1.54) is 7.11 Å². The van der Waals surface area contributed by atoms with E-state index < -0.39 is 5.54 Å². The average molecular weight is 348 g/mol. The highest BCUT2D eigenvalue weighted by molar-refractivity contribution is 5.99. The van der Waals surface area contributed by atoms with E-state index in [-0.39, 0.29) is 18.3 Å². The van der Waals surface area contributed by atoms with Gasteiger partial charge in [-0.2, -0.15) is 0 Å². The van der Waals surface area contributed by atoms with Crippen LogP contribution in [0.3, 0.4) is 0 Å². The van der Waals surface area contributed by atoms with Crippen LogP contribution in [0, 0.1) is 0 Å². The number of esters is 1. The maximum absolute atomic E-state index is 12.7. The first-order chi connectivity index (χ1) is 12.6. The van der Waals surface area contributed by atoms with Crippen LogP contribution in [-0.2, 0) is 27.3 Å². The maximum Gasteiger partial charge on any atom is 0.332 e. The summed E-state index contributed by atoms with van der Waals surface area (Å²) in [6, 6.07) is 17.7. The lowest BCUT2D eigenvalue weighted by Gasteiger charge is -2.49. The lowest BCUT2D eigenvalue weighted by Crippen LogP contribution is -2.68. The lowest BCUT2D eigenvalue weighted by atomic mass is 9.78. The summed E-state index contributed by atoms with van der Waals surface area (Å²) in [4.78, 5) is 30.0. The number of benzene rings is 2. The molecule has 1 aliphatic heterocycles. The number of nitrogens with one attached hydrogen (secondary N) is 1. The van der Waals surface area contributed by atoms with Crippen LogP contribution in [0.15, 0.2) is 60.8 Å². The van der Waals surface area contributed by atoms with Gasteiger partial charge in [-0.1, -0.05) is 48.5 Å². The predicted molar refractivity (Wildman–Crippen MR) is 98.4 cm³/mol. The molecule has 1 unspecified atom stereocenters. The zero-order valence-corrected chi connectivity index (χ0v) is 14.6. The van der Waals surface area contributed by atoms with Crippen molar-refractivity contribution < 1.29 is 14.3 Å². The standard InChI is InChI=1S/C21H20N2O3/c1-26-20(25)21(11-16-13-22-18-10-6-5-9-17(16)18)12-19(24)23(21)14-15-7-3-2-4-8-15/h2-10,13,22H,11-12,14H2,1H3. The predicted octanol–water partition coefficient (Wildman–Crippen LogP) is 3.05. The molecule has 2 aromatic carbocycles. The smallest absolute Gasteiger partial charge is 0.332 e. The number of nitrogens with zero attached hydrogens (tertiary/aromatic N) is 1. The summed E-state index contributed by atoms with van der Waals surface area (Å²) in [5.41, 5.74) is 2.07. The second-order valence-corrected chi connectivity index (χ2v) is 6.70. The molecule has 4 rings (SSSR count). The number of aromatic nitrogens is 1. The number of ether oxygens (including phenoxy) is 1. The number of para-hydroxylation sites is 1. The number of β-lactam (4-membered cyclic amide) rings is 1. The summed E-state index contributed by atoms with van der Waals surface area (Å²) in [5.74, 6) is -0.391. The van der Waals surface area contributed by atoms with Gasteiger partial charge in [-0.25, -0.2) is 4.79 Å². The van der Waals surface area contributed by atoms with Gasteiger partial charge in [0.25, 0.3) is 0 Å². The summed E-state index contributed by atoms with van der Waals surface area (Å²) >= 11 is 0. The minimum atomic E-state index is -0.952. The molecule has 0 saturated carbocycles. The van der Waals surface area contributed by atoms with E-state index in [0.717, 1.165) is 22.0 Å². The Morgan fingerprint density at radius 2 is 1.88 bits per heavy atom. The number of rotatable bonds is 5. The number of carbonyl (C=O) groups excluding carboxylic acids is 2. The first-order valence-corrected chi connectivity index (χ1v) is 8.62. The molecule has 0 spiro atoms. The number of aromatic amines is 1. The monoisotopic (exact) mass is 348 g/mol. The van der Waals surface area contributed by atoms with Gasteiger partial charge in [0.15, 0.2) is 5.54 Å². The van der Waals surface area contributed by atoms with E-state index in [2.05, 4.69) is 4.98 Å². The molecule has 1 saturated heterocycles. The molecule has 1 atom stereocenters. The highest BCUT2D eigenvalue weighted by Gasteiger charge is 2.57. The van der Waals surface area contributed by atoms with Crippen molar-refractivity contribution in [3.8, 4) is 0 Å².